The molecule has 0 fully saturated rings. The van der Waals surface area contributed by atoms with E-state index in [1.807, 2.05) is 6.92 Å². The van der Waals surface area contributed by atoms with Crippen molar-refractivity contribution in [1.29, 1.82) is 0 Å². The summed E-state index contributed by atoms with van der Waals surface area (Å²) in [5.41, 5.74) is 0.702. The van der Waals surface area contributed by atoms with Crippen LogP contribution in [0.4, 0.5) is 10.1 Å². The summed E-state index contributed by atoms with van der Waals surface area (Å²) >= 11 is 3.22. The van der Waals surface area contributed by atoms with Gasteiger partial charge in [0.25, 0.3) is 0 Å². The minimum Gasteiger partial charge on any atom is -0.375 e. The number of carbonyl (C=O) groups is 1. The molecule has 0 atom stereocenters. The van der Waals surface area contributed by atoms with E-state index in [4.69, 9.17) is 0 Å². The molecule has 0 radical (unpaired) electrons. The molecule has 0 saturated carbocycles. The zero-order valence-electron chi connectivity index (χ0n) is 9.02. The van der Waals surface area contributed by atoms with E-state index in [-0.39, 0.29) is 18.3 Å². The maximum Gasteiger partial charge on any atom is 0.239 e. The van der Waals surface area contributed by atoms with Gasteiger partial charge in [0.1, 0.15) is 5.82 Å². The molecule has 88 valence electrons. The molecule has 1 aromatic carbocycles. The molecule has 0 spiro atoms. The number of anilines is 1. The van der Waals surface area contributed by atoms with Crippen LogP contribution in [0.1, 0.15) is 13.3 Å². The summed E-state index contributed by atoms with van der Waals surface area (Å²) in [5.74, 6) is -0.383. The predicted molar refractivity (Wildman–Crippen MR) is 65.9 cm³/mol. The van der Waals surface area contributed by atoms with Crippen LogP contribution in [-0.2, 0) is 4.79 Å². The fourth-order valence-electron chi connectivity index (χ4n) is 1.14. The fourth-order valence-corrected chi connectivity index (χ4v) is 1.63. The Kier molecular flexibility index (Phi) is 5.25. The quantitative estimate of drug-likeness (QED) is 0.874. The average molecular weight is 289 g/mol. The third kappa shape index (κ3) is 4.18. The Hall–Kier alpha value is -1.10. The van der Waals surface area contributed by atoms with E-state index in [0.29, 0.717) is 16.7 Å². The Morgan fingerprint density at radius 1 is 1.50 bits per heavy atom. The van der Waals surface area contributed by atoms with E-state index >= 15 is 0 Å². The molecule has 0 aliphatic carbocycles. The Labute approximate surface area is 103 Å². The van der Waals surface area contributed by atoms with Crippen LogP contribution in [0.15, 0.2) is 22.7 Å². The standard InChI is InChI=1S/C11H14BrFN2O/c1-2-5-14-11(16)7-15-10-4-3-8(13)6-9(10)12/h3-4,6,15H,2,5,7H2,1H3,(H,14,16). The van der Waals surface area contributed by atoms with E-state index < -0.39 is 0 Å². The molecule has 1 rings (SSSR count). The predicted octanol–water partition coefficient (Wildman–Crippen LogP) is 2.53. The number of nitrogens with one attached hydrogen (secondary N) is 2. The van der Waals surface area contributed by atoms with Crippen LogP contribution in [-0.4, -0.2) is 19.0 Å². The van der Waals surface area contributed by atoms with E-state index in [1.165, 1.54) is 12.1 Å². The number of carbonyl (C=O) groups excluding carboxylic acids is 1. The van der Waals surface area contributed by atoms with Crippen LogP contribution in [0.5, 0.6) is 0 Å². The van der Waals surface area contributed by atoms with Crippen molar-refractivity contribution in [3.8, 4) is 0 Å². The Morgan fingerprint density at radius 2 is 2.25 bits per heavy atom. The van der Waals surface area contributed by atoms with Crippen molar-refractivity contribution in [2.24, 2.45) is 0 Å². The van der Waals surface area contributed by atoms with E-state index in [1.54, 1.807) is 6.07 Å². The first-order valence-electron chi connectivity index (χ1n) is 5.09. The van der Waals surface area contributed by atoms with Gasteiger partial charge in [0, 0.05) is 16.7 Å². The lowest BCUT2D eigenvalue weighted by atomic mass is 10.3. The molecule has 0 saturated heterocycles. The van der Waals surface area contributed by atoms with Crippen molar-refractivity contribution >= 4 is 27.5 Å². The normalized spacial score (nSPS) is 9.94. The first kappa shape index (κ1) is 13.0. The summed E-state index contributed by atoms with van der Waals surface area (Å²) in [6.45, 7) is 2.85. The fraction of sp³-hybridized carbons (Fsp3) is 0.364. The second kappa shape index (κ2) is 6.48. The van der Waals surface area contributed by atoms with Gasteiger partial charge in [-0.05, 0) is 40.5 Å². The van der Waals surface area contributed by atoms with E-state index in [0.717, 1.165) is 6.42 Å². The summed E-state index contributed by atoms with van der Waals surface area (Å²) < 4.78 is 13.4. The molecule has 16 heavy (non-hydrogen) atoms. The zero-order valence-corrected chi connectivity index (χ0v) is 10.6. The van der Waals surface area contributed by atoms with Gasteiger partial charge in [-0.25, -0.2) is 4.39 Å². The maximum absolute atomic E-state index is 12.8. The van der Waals surface area contributed by atoms with Crippen LogP contribution in [0.3, 0.4) is 0 Å². The van der Waals surface area contributed by atoms with Gasteiger partial charge in [-0.15, -0.1) is 0 Å². The molecule has 0 aromatic heterocycles. The number of hydrogen-bond donors (Lipinski definition) is 2. The summed E-state index contributed by atoms with van der Waals surface area (Å²) in [4.78, 5) is 11.3. The number of benzene rings is 1. The lowest BCUT2D eigenvalue weighted by Gasteiger charge is -2.08. The van der Waals surface area contributed by atoms with Crippen LogP contribution >= 0.6 is 15.9 Å². The van der Waals surface area contributed by atoms with Gasteiger partial charge >= 0.3 is 0 Å². The third-order valence-corrected chi connectivity index (χ3v) is 2.60. The van der Waals surface area contributed by atoms with Crippen molar-refractivity contribution in [2.75, 3.05) is 18.4 Å². The summed E-state index contributed by atoms with van der Waals surface area (Å²) in [6.07, 6.45) is 0.909. The molecule has 0 aliphatic heterocycles. The molecule has 2 N–H and O–H groups in total. The minimum atomic E-state index is -0.312. The molecular weight excluding hydrogens is 275 g/mol. The summed E-state index contributed by atoms with van der Waals surface area (Å²) in [7, 11) is 0. The van der Waals surface area contributed by atoms with Gasteiger partial charge in [-0.2, -0.15) is 0 Å². The van der Waals surface area contributed by atoms with Crippen LogP contribution in [0, 0.1) is 5.82 Å². The van der Waals surface area contributed by atoms with Crippen molar-refractivity contribution in [3.63, 3.8) is 0 Å². The van der Waals surface area contributed by atoms with E-state index in [2.05, 4.69) is 26.6 Å². The Morgan fingerprint density at radius 3 is 2.88 bits per heavy atom. The van der Waals surface area contributed by atoms with Crippen LogP contribution in [0.2, 0.25) is 0 Å². The Bertz CT molecular complexity index is 371. The van der Waals surface area contributed by atoms with Gasteiger partial charge in [0.05, 0.1) is 6.54 Å². The molecule has 3 nitrogen and oxygen atoms in total. The highest BCUT2D eigenvalue weighted by atomic mass is 79.9. The lowest BCUT2D eigenvalue weighted by molar-refractivity contribution is -0.119. The van der Waals surface area contributed by atoms with Gasteiger partial charge in [0.2, 0.25) is 5.91 Å². The smallest absolute Gasteiger partial charge is 0.239 e. The Balaban J connectivity index is 2.45. The molecule has 5 heteroatoms. The first-order valence-corrected chi connectivity index (χ1v) is 5.88. The highest BCUT2D eigenvalue weighted by Crippen LogP contribution is 2.22. The first-order chi connectivity index (χ1) is 7.63. The van der Waals surface area contributed by atoms with Crippen LogP contribution < -0.4 is 10.6 Å². The second-order valence-corrected chi connectivity index (χ2v) is 4.18. The lowest BCUT2D eigenvalue weighted by Crippen LogP contribution is -2.30. The molecular formula is C11H14BrFN2O. The monoisotopic (exact) mass is 288 g/mol. The number of amides is 1. The topological polar surface area (TPSA) is 41.1 Å². The van der Waals surface area contributed by atoms with E-state index in [9.17, 15) is 9.18 Å². The molecule has 0 unspecified atom stereocenters. The second-order valence-electron chi connectivity index (χ2n) is 3.33. The van der Waals surface area contributed by atoms with Crippen molar-refractivity contribution < 1.29 is 9.18 Å². The molecule has 0 heterocycles. The third-order valence-electron chi connectivity index (χ3n) is 1.94. The minimum absolute atomic E-state index is 0.0712. The summed E-state index contributed by atoms with van der Waals surface area (Å²) in [5, 5.41) is 5.67. The summed E-state index contributed by atoms with van der Waals surface area (Å²) in [6, 6.07) is 4.29. The SMILES string of the molecule is CCCNC(=O)CNc1ccc(F)cc1Br. The number of halogens is 2. The number of hydrogen-bond acceptors (Lipinski definition) is 2. The highest BCUT2D eigenvalue weighted by Gasteiger charge is 2.03. The molecule has 0 bridgehead atoms. The molecule has 1 amide bonds. The highest BCUT2D eigenvalue weighted by molar-refractivity contribution is 9.10. The van der Waals surface area contributed by atoms with Crippen molar-refractivity contribution in [3.05, 3.63) is 28.5 Å². The molecule has 0 aliphatic rings. The zero-order chi connectivity index (χ0) is 12.0. The van der Waals surface area contributed by atoms with Gasteiger partial charge in [0.15, 0.2) is 0 Å². The average Bonchev–Trinajstić information content (AvgIpc) is 2.25. The maximum atomic E-state index is 12.8. The van der Waals surface area contributed by atoms with Gasteiger partial charge in [-0.1, -0.05) is 6.92 Å². The van der Waals surface area contributed by atoms with Crippen molar-refractivity contribution in [2.45, 2.75) is 13.3 Å². The largest absolute Gasteiger partial charge is 0.375 e. The molecule has 1 aromatic rings. The number of rotatable bonds is 5. The van der Waals surface area contributed by atoms with Gasteiger partial charge < -0.3 is 10.6 Å². The van der Waals surface area contributed by atoms with Crippen molar-refractivity contribution in [1.82, 2.24) is 5.32 Å². The van der Waals surface area contributed by atoms with Gasteiger partial charge in [-0.3, -0.25) is 4.79 Å². The van der Waals surface area contributed by atoms with Crippen LogP contribution in [0.25, 0.3) is 0 Å².